The van der Waals surface area contributed by atoms with Crippen molar-refractivity contribution in [3.8, 4) is 45.1 Å². The summed E-state index contributed by atoms with van der Waals surface area (Å²) in [5.74, 6) is 0.802. The maximum Gasteiger partial charge on any atom is 0.126 e. The summed E-state index contributed by atoms with van der Waals surface area (Å²) in [6.07, 6.45) is 0. The van der Waals surface area contributed by atoms with Gasteiger partial charge in [-0.2, -0.15) is 0 Å². The molecule has 6 heteroatoms. The van der Waals surface area contributed by atoms with E-state index in [0.29, 0.717) is 0 Å². The van der Waals surface area contributed by atoms with Crippen LogP contribution in [-0.4, -0.2) is 28.2 Å². The van der Waals surface area contributed by atoms with E-state index in [1.807, 2.05) is 19.9 Å². The lowest BCUT2D eigenvalue weighted by Gasteiger charge is -2.16. The van der Waals surface area contributed by atoms with E-state index in [0.717, 1.165) is 45.5 Å². The quantitative estimate of drug-likeness (QED) is 0.167. The van der Waals surface area contributed by atoms with Gasteiger partial charge in [0.25, 0.3) is 0 Å². The van der Waals surface area contributed by atoms with Crippen LogP contribution in [0.2, 0.25) is 0 Å². The lowest BCUT2D eigenvalue weighted by Crippen LogP contribution is -2.00. The zero-order valence-electron chi connectivity index (χ0n) is 43.1. The molecule has 0 bridgehead atoms. The van der Waals surface area contributed by atoms with E-state index in [4.69, 9.17) is 0 Å². The third kappa shape index (κ3) is 7.33. The number of para-hydroxylation sites is 8. The van der Waals surface area contributed by atoms with E-state index in [1.165, 1.54) is 98.4 Å². The molecule has 0 saturated carbocycles. The van der Waals surface area contributed by atoms with E-state index in [2.05, 4.69) is 289 Å². The fourth-order valence-corrected chi connectivity index (χ4v) is 12.3. The Hall–Kier alpha value is -10.3. The molecule has 0 N–H and O–H groups in total. The molecule has 16 rings (SSSR count). The molecule has 0 saturated heterocycles. The maximum absolute atomic E-state index is 4.58. The van der Waals surface area contributed by atoms with E-state index in [9.17, 15) is 0 Å². The summed E-state index contributed by atoms with van der Waals surface area (Å²) >= 11 is 0. The van der Waals surface area contributed by atoms with E-state index < -0.39 is 0 Å². The van der Waals surface area contributed by atoms with Crippen molar-refractivity contribution in [2.75, 3.05) is 0 Å². The first-order valence-electron chi connectivity index (χ1n) is 26.6. The topological polar surface area (TPSA) is 45.5 Å². The molecule has 0 spiro atoms. The number of fused-ring (bicyclic) bond motifs is 12. The Morgan fingerprint density at radius 2 is 0.500 bits per heavy atom. The van der Waals surface area contributed by atoms with E-state index in [1.54, 1.807) is 0 Å². The molecule has 0 aliphatic carbocycles. The molecular weight excluding hydrogens is 949 g/mol. The first-order chi connectivity index (χ1) is 38.5. The van der Waals surface area contributed by atoms with Crippen molar-refractivity contribution in [1.29, 1.82) is 0 Å². The van der Waals surface area contributed by atoms with Gasteiger partial charge in [0.05, 0.1) is 49.8 Å². The molecule has 0 aliphatic rings. The predicted octanol–water partition coefficient (Wildman–Crippen LogP) is 18.5. The molecule has 0 atom stereocenters. The Balaban J connectivity index is 0.000000165. The number of rotatable bonds is 6. The van der Waals surface area contributed by atoms with Crippen LogP contribution in [0.5, 0.6) is 0 Å². The zero-order chi connectivity index (χ0) is 51.8. The number of nitrogens with zero attached hydrogens (tertiary/aromatic N) is 6. The molecule has 5 aromatic heterocycles. The second-order valence-electron chi connectivity index (χ2n) is 20.3. The molecule has 0 radical (unpaired) electrons. The van der Waals surface area contributed by atoms with Crippen molar-refractivity contribution in [3.05, 3.63) is 278 Å². The van der Waals surface area contributed by atoms with Gasteiger partial charge in [0.2, 0.25) is 0 Å². The van der Waals surface area contributed by atoms with Crippen LogP contribution in [0.25, 0.3) is 132 Å². The van der Waals surface area contributed by atoms with Gasteiger partial charge in [-0.3, -0.25) is 0 Å². The fourth-order valence-electron chi connectivity index (χ4n) is 12.3. The van der Waals surface area contributed by atoms with Gasteiger partial charge >= 0.3 is 0 Å². The Bertz CT molecular complexity index is 4620. The molecule has 78 heavy (non-hydrogen) atoms. The number of hydrogen-bond acceptors (Lipinski definition) is 2. The Morgan fingerprint density at radius 1 is 0.231 bits per heavy atom. The summed E-state index contributed by atoms with van der Waals surface area (Å²) in [5, 5.41) is 10.1. The molecule has 0 unspecified atom stereocenters. The van der Waals surface area contributed by atoms with Crippen molar-refractivity contribution >= 4 is 87.2 Å². The number of aryl methyl sites for hydroxylation is 2. The van der Waals surface area contributed by atoms with Gasteiger partial charge in [-0.15, -0.1) is 0 Å². The summed E-state index contributed by atoms with van der Waals surface area (Å²) in [6.45, 7) is 3.94. The predicted molar refractivity (Wildman–Crippen MR) is 326 cm³/mol. The summed E-state index contributed by atoms with van der Waals surface area (Å²) < 4.78 is 9.56. The average molecular weight is 999 g/mol. The first-order valence-corrected chi connectivity index (χ1v) is 26.6. The van der Waals surface area contributed by atoms with Crippen LogP contribution in [-0.2, 0) is 0 Å². The normalized spacial score (nSPS) is 11.7. The largest absolute Gasteiger partial charge is 0.309 e. The van der Waals surface area contributed by atoms with Crippen molar-refractivity contribution in [2.45, 2.75) is 13.8 Å². The number of benzene rings is 11. The molecule has 5 heterocycles. The molecule has 0 amide bonds. The zero-order valence-corrected chi connectivity index (χ0v) is 43.1. The molecule has 11 aromatic carbocycles. The van der Waals surface area contributed by atoms with Crippen molar-refractivity contribution in [2.24, 2.45) is 0 Å². The monoisotopic (exact) mass is 998 g/mol. The van der Waals surface area contributed by atoms with Gasteiger partial charge in [0, 0.05) is 77.1 Å². The minimum atomic E-state index is 0.802. The second kappa shape index (κ2) is 18.2. The van der Waals surface area contributed by atoms with Crippen molar-refractivity contribution in [3.63, 3.8) is 0 Å². The highest BCUT2D eigenvalue weighted by atomic mass is 15.0. The Labute approximate surface area is 450 Å². The highest BCUT2D eigenvalue weighted by Crippen LogP contribution is 2.39. The summed E-state index contributed by atoms with van der Waals surface area (Å²) in [7, 11) is 0. The summed E-state index contributed by atoms with van der Waals surface area (Å²) in [4.78, 5) is 8.95. The summed E-state index contributed by atoms with van der Waals surface area (Å²) in [5.41, 5.74) is 19.6. The van der Waals surface area contributed by atoms with E-state index >= 15 is 0 Å². The second-order valence-corrected chi connectivity index (χ2v) is 20.3. The van der Waals surface area contributed by atoms with Gasteiger partial charge in [0.15, 0.2) is 0 Å². The number of hydrogen-bond donors (Lipinski definition) is 0. The van der Waals surface area contributed by atoms with Gasteiger partial charge in [-0.1, -0.05) is 170 Å². The molecule has 16 aromatic rings. The Kier molecular flexibility index (Phi) is 10.5. The average Bonchev–Trinajstić information content (AvgIpc) is 4.25. The van der Waals surface area contributed by atoms with Crippen LogP contribution in [0.3, 0.4) is 0 Å². The highest BCUT2D eigenvalue weighted by molar-refractivity contribution is 6.12. The lowest BCUT2D eigenvalue weighted by atomic mass is 10.0. The van der Waals surface area contributed by atoms with E-state index in [-0.39, 0.29) is 0 Å². The van der Waals surface area contributed by atoms with Gasteiger partial charge in [-0.05, 0) is 122 Å². The van der Waals surface area contributed by atoms with Crippen LogP contribution in [0.15, 0.2) is 267 Å². The molecule has 368 valence electrons. The molecule has 6 nitrogen and oxygen atoms in total. The third-order valence-corrected chi connectivity index (χ3v) is 15.6. The van der Waals surface area contributed by atoms with Gasteiger partial charge < -0.3 is 18.3 Å². The minimum Gasteiger partial charge on any atom is -0.309 e. The molecule has 0 fully saturated rings. The summed E-state index contributed by atoms with van der Waals surface area (Å²) in [6, 6.07) is 96.3. The SMILES string of the molecule is Cc1cc(-c2ccc(-n3c4ccccc4c4ccccc43)cc2)nc(C)n1.c1ccc2c(c1)c1ccccc1n2-c1ccc(-c2cc(-n3c4ccccc4c4ccccc43)cc(-n3c4ccccc4c4ccccc43)c2)cc1. The third-order valence-electron chi connectivity index (χ3n) is 15.6. The maximum atomic E-state index is 4.58. The highest BCUT2D eigenvalue weighted by Gasteiger charge is 2.19. The smallest absolute Gasteiger partial charge is 0.126 e. The van der Waals surface area contributed by atoms with Crippen LogP contribution in [0.4, 0.5) is 0 Å². The van der Waals surface area contributed by atoms with Crippen LogP contribution >= 0.6 is 0 Å². The van der Waals surface area contributed by atoms with Crippen LogP contribution in [0.1, 0.15) is 11.5 Å². The van der Waals surface area contributed by atoms with Gasteiger partial charge in [0.1, 0.15) is 5.82 Å². The van der Waals surface area contributed by atoms with Crippen molar-refractivity contribution in [1.82, 2.24) is 28.2 Å². The lowest BCUT2D eigenvalue weighted by molar-refractivity contribution is 1.02. The van der Waals surface area contributed by atoms with Crippen LogP contribution in [0, 0.1) is 13.8 Å². The van der Waals surface area contributed by atoms with Crippen LogP contribution < -0.4 is 0 Å². The number of aromatic nitrogens is 6. The van der Waals surface area contributed by atoms with Gasteiger partial charge in [-0.25, -0.2) is 9.97 Å². The standard InChI is InChI=1S/C48H31N3.C24H19N3/c1-7-19-43-37(13-1)38-14-2-8-20-44(38)49(43)34-27-25-32(26-28-34)33-29-35(50-45-21-9-3-15-39(45)40-16-4-10-22-46(40)50)31-36(30-33)51-47-23-11-5-17-41(47)42-18-6-12-24-48(42)51;1-16-15-22(26-17(2)25-16)18-11-13-19(14-12-18)27-23-9-5-3-7-20(23)21-8-4-6-10-24(21)27/h1-31H;3-15H,1-2H3. The first kappa shape index (κ1) is 45.1. The fraction of sp³-hybridized carbons (Fsp3) is 0.0278. The molecule has 0 aliphatic heterocycles. The van der Waals surface area contributed by atoms with Crippen molar-refractivity contribution < 1.29 is 0 Å². The Morgan fingerprint density at radius 3 is 0.795 bits per heavy atom. The minimum absolute atomic E-state index is 0.802. The molecular formula is C72H50N6.